The summed E-state index contributed by atoms with van der Waals surface area (Å²) in [6.45, 7) is 2.12. The van der Waals surface area contributed by atoms with Crippen molar-refractivity contribution in [2.45, 2.75) is 6.54 Å². The van der Waals surface area contributed by atoms with Crippen LogP contribution in [0.3, 0.4) is 0 Å². The fourth-order valence-corrected chi connectivity index (χ4v) is 2.24. The van der Waals surface area contributed by atoms with E-state index in [4.69, 9.17) is 9.47 Å². The predicted molar refractivity (Wildman–Crippen MR) is 69.9 cm³/mol. The Hall–Kier alpha value is -0.780. The van der Waals surface area contributed by atoms with E-state index in [1.54, 1.807) is 12.1 Å². The first-order valence-corrected chi connectivity index (χ1v) is 5.76. The molecule has 0 bridgehead atoms. The molecule has 1 N–H and O–H groups in total. The SMILES string of the molecule is COC(=O)c1cc(Br)c2c(c1)CNCCO2.Cl. The van der Waals surface area contributed by atoms with Crippen molar-refractivity contribution in [2.24, 2.45) is 0 Å². The molecule has 1 heterocycles. The van der Waals surface area contributed by atoms with Crippen molar-refractivity contribution in [3.63, 3.8) is 0 Å². The van der Waals surface area contributed by atoms with Crippen LogP contribution in [0.4, 0.5) is 0 Å². The number of esters is 1. The lowest BCUT2D eigenvalue weighted by molar-refractivity contribution is 0.0600. The quantitative estimate of drug-likeness (QED) is 0.805. The van der Waals surface area contributed by atoms with Gasteiger partial charge in [-0.05, 0) is 28.1 Å². The maximum atomic E-state index is 11.4. The van der Waals surface area contributed by atoms with Crippen LogP contribution in [0.1, 0.15) is 15.9 Å². The Morgan fingerprint density at radius 3 is 3.00 bits per heavy atom. The lowest BCUT2D eigenvalue weighted by atomic mass is 10.1. The van der Waals surface area contributed by atoms with E-state index in [1.807, 2.05) is 0 Å². The lowest BCUT2D eigenvalue weighted by Gasteiger charge is -2.10. The molecule has 0 aliphatic carbocycles. The molecule has 0 atom stereocenters. The average Bonchev–Trinajstić information content (AvgIpc) is 2.53. The molecule has 94 valence electrons. The summed E-state index contributed by atoms with van der Waals surface area (Å²) in [7, 11) is 1.37. The van der Waals surface area contributed by atoms with Gasteiger partial charge in [-0.25, -0.2) is 4.79 Å². The summed E-state index contributed by atoms with van der Waals surface area (Å²) < 4.78 is 11.1. The normalized spacial score (nSPS) is 13.8. The number of halogens is 2. The molecular formula is C11H13BrClNO3. The first-order chi connectivity index (χ1) is 7.72. The van der Waals surface area contributed by atoms with Crippen molar-refractivity contribution in [2.75, 3.05) is 20.3 Å². The van der Waals surface area contributed by atoms with Crippen molar-refractivity contribution in [1.82, 2.24) is 5.32 Å². The second-order valence-electron chi connectivity index (χ2n) is 3.46. The fraction of sp³-hybridized carbons (Fsp3) is 0.364. The minimum atomic E-state index is -0.340. The van der Waals surface area contributed by atoms with E-state index < -0.39 is 0 Å². The predicted octanol–water partition coefficient (Wildman–Crippen LogP) is 2.14. The zero-order chi connectivity index (χ0) is 11.5. The third kappa shape index (κ3) is 3.12. The maximum Gasteiger partial charge on any atom is 0.337 e. The monoisotopic (exact) mass is 321 g/mol. The van der Waals surface area contributed by atoms with E-state index >= 15 is 0 Å². The molecule has 0 radical (unpaired) electrons. The van der Waals surface area contributed by atoms with Gasteiger partial charge >= 0.3 is 5.97 Å². The molecule has 1 aromatic rings. The van der Waals surface area contributed by atoms with Crippen molar-refractivity contribution < 1.29 is 14.3 Å². The highest BCUT2D eigenvalue weighted by molar-refractivity contribution is 9.10. The Labute approximate surface area is 114 Å². The molecular weight excluding hydrogens is 309 g/mol. The summed E-state index contributed by atoms with van der Waals surface area (Å²) >= 11 is 3.40. The van der Waals surface area contributed by atoms with Gasteiger partial charge in [0.1, 0.15) is 12.4 Å². The van der Waals surface area contributed by atoms with Crippen molar-refractivity contribution in [1.29, 1.82) is 0 Å². The van der Waals surface area contributed by atoms with Gasteiger partial charge in [0.25, 0.3) is 0 Å². The van der Waals surface area contributed by atoms with Crippen molar-refractivity contribution in [3.8, 4) is 5.75 Å². The second-order valence-corrected chi connectivity index (χ2v) is 4.32. The molecule has 1 aliphatic rings. The van der Waals surface area contributed by atoms with Crippen LogP contribution in [0.15, 0.2) is 16.6 Å². The number of ether oxygens (including phenoxy) is 2. The van der Waals surface area contributed by atoms with Crippen LogP contribution in [-0.2, 0) is 11.3 Å². The van der Waals surface area contributed by atoms with Gasteiger partial charge < -0.3 is 14.8 Å². The molecule has 0 aromatic heterocycles. The average molecular weight is 323 g/mol. The standard InChI is InChI=1S/C11H12BrNO3.ClH/c1-15-11(14)7-4-8-6-13-2-3-16-10(8)9(12)5-7;/h4-5,13H,2-3,6H2,1H3;1H. The summed E-state index contributed by atoms with van der Waals surface area (Å²) in [5.41, 5.74) is 1.49. The summed E-state index contributed by atoms with van der Waals surface area (Å²) in [5, 5.41) is 3.22. The Morgan fingerprint density at radius 2 is 2.29 bits per heavy atom. The van der Waals surface area contributed by atoms with Gasteiger partial charge in [0, 0.05) is 18.7 Å². The van der Waals surface area contributed by atoms with E-state index in [0.717, 1.165) is 22.3 Å². The zero-order valence-electron chi connectivity index (χ0n) is 9.29. The van der Waals surface area contributed by atoms with Gasteiger partial charge in [0.2, 0.25) is 0 Å². The number of benzene rings is 1. The van der Waals surface area contributed by atoms with Crippen molar-refractivity contribution in [3.05, 3.63) is 27.7 Å². The molecule has 2 rings (SSSR count). The number of carbonyl (C=O) groups is 1. The molecule has 0 fully saturated rings. The van der Waals surface area contributed by atoms with Crippen LogP contribution in [0.25, 0.3) is 0 Å². The van der Waals surface area contributed by atoms with Crippen molar-refractivity contribution >= 4 is 34.3 Å². The topological polar surface area (TPSA) is 47.6 Å². The summed E-state index contributed by atoms with van der Waals surface area (Å²) in [5.74, 6) is 0.463. The molecule has 1 aliphatic heterocycles. The van der Waals surface area contributed by atoms with Gasteiger partial charge in [-0.1, -0.05) is 0 Å². The molecule has 0 saturated carbocycles. The first kappa shape index (κ1) is 14.3. The van der Waals surface area contributed by atoms with Gasteiger partial charge in [0.05, 0.1) is 17.1 Å². The second kappa shape index (κ2) is 6.23. The van der Waals surface area contributed by atoms with E-state index in [-0.39, 0.29) is 18.4 Å². The Kier molecular flexibility index (Phi) is 5.24. The van der Waals surface area contributed by atoms with Crippen LogP contribution < -0.4 is 10.1 Å². The minimum absolute atomic E-state index is 0. The maximum absolute atomic E-state index is 11.4. The van der Waals surface area contributed by atoms with Gasteiger partial charge in [-0.15, -0.1) is 12.4 Å². The number of rotatable bonds is 1. The summed E-state index contributed by atoms with van der Waals surface area (Å²) in [4.78, 5) is 11.4. The molecule has 0 unspecified atom stereocenters. The smallest absolute Gasteiger partial charge is 0.337 e. The Bertz CT molecular complexity index is 425. The Morgan fingerprint density at radius 1 is 1.53 bits per heavy atom. The molecule has 0 saturated heterocycles. The number of methoxy groups -OCH3 is 1. The number of hydrogen-bond donors (Lipinski definition) is 1. The molecule has 6 heteroatoms. The van der Waals surface area contributed by atoms with E-state index in [2.05, 4.69) is 21.2 Å². The van der Waals surface area contributed by atoms with Crippen LogP contribution in [0, 0.1) is 0 Å². The largest absolute Gasteiger partial charge is 0.491 e. The van der Waals surface area contributed by atoms with E-state index in [9.17, 15) is 4.79 Å². The van der Waals surface area contributed by atoms with Crippen LogP contribution in [0.5, 0.6) is 5.75 Å². The minimum Gasteiger partial charge on any atom is -0.491 e. The van der Waals surface area contributed by atoms with Crippen LogP contribution >= 0.6 is 28.3 Å². The summed E-state index contributed by atoms with van der Waals surface area (Å²) in [6, 6.07) is 3.51. The number of hydrogen-bond acceptors (Lipinski definition) is 4. The van der Waals surface area contributed by atoms with Gasteiger partial charge in [-0.3, -0.25) is 0 Å². The highest BCUT2D eigenvalue weighted by Crippen LogP contribution is 2.32. The van der Waals surface area contributed by atoms with E-state index in [1.165, 1.54) is 7.11 Å². The summed E-state index contributed by atoms with van der Waals surface area (Å²) in [6.07, 6.45) is 0. The number of carbonyl (C=O) groups excluding carboxylic acids is 1. The zero-order valence-corrected chi connectivity index (χ0v) is 11.7. The molecule has 0 amide bonds. The highest BCUT2D eigenvalue weighted by atomic mass is 79.9. The van der Waals surface area contributed by atoms with Gasteiger partial charge in [0.15, 0.2) is 0 Å². The Balaban J connectivity index is 0.00000144. The van der Waals surface area contributed by atoms with Gasteiger partial charge in [-0.2, -0.15) is 0 Å². The molecule has 0 spiro atoms. The molecule has 1 aromatic carbocycles. The van der Waals surface area contributed by atoms with E-state index in [0.29, 0.717) is 18.7 Å². The third-order valence-electron chi connectivity index (χ3n) is 2.38. The fourth-order valence-electron chi connectivity index (χ4n) is 1.63. The van der Waals surface area contributed by atoms with Crippen LogP contribution in [0.2, 0.25) is 0 Å². The molecule has 4 nitrogen and oxygen atoms in total. The first-order valence-electron chi connectivity index (χ1n) is 4.96. The highest BCUT2D eigenvalue weighted by Gasteiger charge is 2.16. The molecule has 17 heavy (non-hydrogen) atoms. The lowest BCUT2D eigenvalue weighted by Crippen LogP contribution is -2.16. The van der Waals surface area contributed by atoms with Crippen LogP contribution in [-0.4, -0.2) is 26.2 Å². The number of fused-ring (bicyclic) bond motifs is 1. The third-order valence-corrected chi connectivity index (χ3v) is 2.97. The number of nitrogens with one attached hydrogen (secondary N) is 1.